The molecule has 1 saturated carbocycles. The average Bonchev–Trinajstić information content (AvgIpc) is 3.82. The number of fused-ring (bicyclic) bond motifs is 2. The van der Waals surface area contributed by atoms with E-state index >= 15 is 4.39 Å². The fraction of sp³-hybridized carbons (Fsp3) is 0.500. The Hall–Kier alpha value is -6.19. The number of imidazole rings is 2. The van der Waals surface area contributed by atoms with Crippen LogP contribution >= 0.6 is 0 Å². The molecule has 0 radical (unpaired) electrons. The van der Waals surface area contributed by atoms with Crippen LogP contribution in [-0.4, -0.2) is 91.1 Å². The largest absolute Gasteiger partial charge is 0.465 e. The summed E-state index contributed by atoms with van der Waals surface area (Å²) in [5, 5.41) is 14.6. The maximum atomic E-state index is 15.9. The van der Waals surface area contributed by atoms with Gasteiger partial charge in [-0.3, -0.25) is 9.59 Å². The summed E-state index contributed by atoms with van der Waals surface area (Å²) >= 11 is 0. The lowest BCUT2D eigenvalue weighted by Crippen LogP contribution is -2.51. The number of carbonyl (C=O) groups excluding carboxylic acids is 3. The number of amides is 4. The number of likely N-dealkylation sites (tertiary alicyclic amines) is 2. The highest BCUT2D eigenvalue weighted by atomic mass is 19.1. The van der Waals surface area contributed by atoms with Gasteiger partial charge in [-0.05, 0) is 122 Å². The minimum atomic E-state index is -1.23. The second kappa shape index (κ2) is 17.4. The van der Waals surface area contributed by atoms with Gasteiger partial charge >= 0.3 is 12.2 Å². The van der Waals surface area contributed by atoms with E-state index in [2.05, 4.69) is 55.8 Å². The first kappa shape index (κ1) is 43.1. The normalized spacial score (nSPS) is 22.2. The lowest BCUT2D eigenvalue weighted by Gasteiger charge is -2.33. The van der Waals surface area contributed by atoms with Gasteiger partial charge in [0.15, 0.2) is 0 Å². The zero-order valence-electron chi connectivity index (χ0n) is 37.1. The van der Waals surface area contributed by atoms with Crippen molar-refractivity contribution in [3.63, 3.8) is 0 Å². The maximum absolute atomic E-state index is 15.9. The number of aromatic amines is 2. The van der Waals surface area contributed by atoms with Gasteiger partial charge in [0.2, 0.25) is 11.8 Å². The molecule has 3 saturated heterocycles. The highest BCUT2D eigenvalue weighted by Gasteiger charge is 2.41. The van der Waals surface area contributed by atoms with Crippen LogP contribution in [0.15, 0.2) is 54.6 Å². The van der Waals surface area contributed by atoms with E-state index < -0.39 is 24.3 Å². The third-order valence-corrected chi connectivity index (χ3v) is 13.8. The molecule has 5 N–H and O–H groups in total. The van der Waals surface area contributed by atoms with E-state index in [4.69, 9.17) is 14.7 Å². The summed E-state index contributed by atoms with van der Waals surface area (Å²) in [6.45, 7) is 8.53. The summed E-state index contributed by atoms with van der Waals surface area (Å²) < 4.78 is 20.7. The van der Waals surface area contributed by atoms with Crippen molar-refractivity contribution in [2.75, 3.05) is 25.1 Å². The van der Waals surface area contributed by atoms with Crippen LogP contribution in [0.25, 0.3) is 22.1 Å². The smallest absolute Gasteiger partial charge is 0.407 e. The number of ether oxygens (including phenoxy) is 1. The lowest BCUT2D eigenvalue weighted by molar-refractivity contribution is -0.136. The lowest BCUT2D eigenvalue weighted by atomic mass is 10.0. The second-order valence-corrected chi connectivity index (χ2v) is 18.7. The Morgan fingerprint density at radius 1 is 0.703 bits per heavy atom. The van der Waals surface area contributed by atoms with E-state index in [0.29, 0.717) is 31.2 Å². The molecule has 0 spiro atoms. The second-order valence-electron chi connectivity index (χ2n) is 18.7. The molecule has 5 aromatic rings. The molecule has 1 aliphatic carbocycles. The number of anilines is 1. The van der Waals surface area contributed by atoms with Crippen LogP contribution in [0, 0.1) is 17.7 Å². The maximum Gasteiger partial charge on any atom is 0.407 e. The zero-order valence-corrected chi connectivity index (χ0v) is 37.1. The number of hydrogen-bond acceptors (Lipinski definition) is 8. The summed E-state index contributed by atoms with van der Waals surface area (Å²) in [6.07, 6.45) is 4.78. The summed E-state index contributed by atoms with van der Waals surface area (Å²) in [5.41, 5.74) is 6.90. The van der Waals surface area contributed by atoms with E-state index in [0.717, 1.165) is 89.4 Å². The van der Waals surface area contributed by atoms with E-state index in [1.807, 2.05) is 50.8 Å². The molecule has 15 nitrogen and oxygen atoms in total. The molecule has 6 atom stereocenters. The van der Waals surface area contributed by atoms with Gasteiger partial charge in [0.05, 0.1) is 53.3 Å². The molecule has 0 unspecified atom stereocenters. The van der Waals surface area contributed by atoms with Crippen molar-refractivity contribution in [3.8, 4) is 0 Å². The average molecular weight is 876 g/mol. The quantitative estimate of drug-likeness (QED) is 0.0818. The first-order valence-electron chi connectivity index (χ1n) is 22.8. The van der Waals surface area contributed by atoms with Crippen molar-refractivity contribution >= 4 is 51.8 Å². The van der Waals surface area contributed by atoms with Crippen LogP contribution in [-0.2, 0) is 14.3 Å². The van der Waals surface area contributed by atoms with Crippen molar-refractivity contribution < 1.29 is 33.4 Å². The molecule has 3 aromatic carbocycles. The zero-order chi connectivity index (χ0) is 45.0. The summed E-state index contributed by atoms with van der Waals surface area (Å²) in [7, 11) is 1.29. The molecule has 4 aliphatic rings. The minimum absolute atomic E-state index is 0.0988. The van der Waals surface area contributed by atoms with Crippen LogP contribution in [0.1, 0.15) is 137 Å². The van der Waals surface area contributed by atoms with Gasteiger partial charge in [-0.2, -0.15) is 0 Å². The molecule has 16 heteroatoms. The number of alkyl carbamates (subject to hydrolysis) is 1. The predicted molar refractivity (Wildman–Crippen MR) is 239 cm³/mol. The Kier molecular flexibility index (Phi) is 11.7. The van der Waals surface area contributed by atoms with Crippen LogP contribution in [0.2, 0.25) is 0 Å². The Labute approximate surface area is 371 Å². The minimum Gasteiger partial charge on any atom is -0.465 e. The van der Waals surface area contributed by atoms with Gasteiger partial charge in [-0.15, -0.1) is 0 Å². The molecule has 3 aliphatic heterocycles. The number of rotatable bonds is 12. The van der Waals surface area contributed by atoms with Gasteiger partial charge in [-0.1, -0.05) is 45.9 Å². The van der Waals surface area contributed by atoms with Gasteiger partial charge in [0.1, 0.15) is 29.5 Å². The Morgan fingerprint density at radius 3 is 1.67 bits per heavy atom. The van der Waals surface area contributed by atoms with Crippen LogP contribution in [0.5, 0.6) is 0 Å². The fourth-order valence-corrected chi connectivity index (χ4v) is 10.4. The topological polar surface area (TPSA) is 189 Å². The molecule has 9 rings (SSSR count). The molecular formula is C48H58FN9O6. The van der Waals surface area contributed by atoms with Gasteiger partial charge in [0, 0.05) is 18.8 Å². The van der Waals surface area contributed by atoms with E-state index in [9.17, 15) is 24.3 Å². The van der Waals surface area contributed by atoms with Gasteiger partial charge in [0.25, 0.3) is 0 Å². The van der Waals surface area contributed by atoms with Crippen molar-refractivity contribution in [2.45, 2.75) is 121 Å². The van der Waals surface area contributed by atoms with Gasteiger partial charge in [-0.25, -0.2) is 23.9 Å². The molecule has 64 heavy (non-hydrogen) atoms. The molecule has 4 amide bonds. The van der Waals surface area contributed by atoms with Crippen LogP contribution in [0.3, 0.4) is 0 Å². The fourth-order valence-electron chi connectivity index (χ4n) is 10.4. The number of H-pyrrole nitrogens is 2. The van der Waals surface area contributed by atoms with Crippen molar-refractivity contribution in [2.24, 2.45) is 11.8 Å². The third-order valence-electron chi connectivity index (χ3n) is 13.8. The Balaban J connectivity index is 1.01. The van der Waals surface area contributed by atoms with E-state index in [-0.39, 0.29) is 59.6 Å². The number of aromatic nitrogens is 4. The Morgan fingerprint density at radius 2 is 1.22 bits per heavy atom. The van der Waals surface area contributed by atoms with Crippen molar-refractivity contribution in [1.29, 1.82) is 0 Å². The Bertz CT molecular complexity index is 2590. The van der Waals surface area contributed by atoms with Crippen molar-refractivity contribution in [3.05, 3.63) is 88.8 Å². The standard InChI is InChI=1S/C48H58FN9O6/c1-25(2)41(54-47(61)62)45(59)56-20-6-8-39(56)43-50-33-16-12-28(22-35(33)52-43)37-18-19-38(58(37)30-14-15-31(27-10-11-27)32(49)24-30)29-13-17-34-36(23-29)53-44(51-34)40-9-7-21-57(40)46(60)42(26(3)4)55-48(63)64-5/h12-17,22-27,37-42,54H,6-11,18-21H2,1-5H3,(H,50,52)(H,51,53)(H,55,63)(H,61,62)/t37-,38-,39+,40+,41+,42+/m1/s1. The van der Waals surface area contributed by atoms with E-state index in [1.54, 1.807) is 11.0 Å². The number of halogens is 1. The summed E-state index contributed by atoms with van der Waals surface area (Å²) in [4.78, 5) is 74.2. The number of carboxylic acid groups (broad SMARTS) is 1. The third kappa shape index (κ3) is 8.22. The predicted octanol–water partition coefficient (Wildman–Crippen LogP) is 8.54. The highest BCUT2D eigenvalue weighted by Crippen LogP contribution is 2.49. The van der Waals surface area contributed by atoms with Crippen LogP contribution in [0.4, 0.5) is 19.7 Å². The molecule has 0 bridgehead atoms. The molecule has 5 heterocycles. The summed E-state index contributed by atoms with van der Waals surface area (Å²) in [5.74, 6) is 0.676. The van der Waals surface area contributed by atoms with Crippen LogP contribution < -0.4 is 15.5 Å². The molecule has 4 fully saturated rings. The molecular weight excluding hydrogens is 818 g/mol. The first-order valence-corrected chi connectivity index (χ1v) is 22.8. The number of nitrogens with one attached hydrogen (secondary N) is 4. The number of nitrogens with zero attached hydrogens (tertiary/aromatic N) is 5. The number of benzene rings is 3. The highest BCUT2D eigenvalue weighted by molar-refractivity contribution is 5.87. The molecule has 2 aromatic heterocycles. The molecule has 338 valence electrons. The number of hydrogen-bond donors (Lipinski definition) is 5. The first-order chi connectivity index (χ1) is 30.8. The number of methoxy groups -OCH3 is 1. The number of carbonyl (C=O) groups is 4. The summed E-state index contributed by atoms with van der Waals surface area (Å²) in [6, 6.07) is 15.8. The SMILES string of the molecule is COC(=O)N[C@H](C(=O)N1CCC[C@H]1c1nc2cc([C@H]3CC[C@H](c4ccc5[nH]c([C@@H]6CCCN6C(=O)[C@@H](NC(=O)O)C(C)C)nc5c4)N3c3ccc(C4CC4)c(F)c3)ccc2[nH]1)C(C)C. The monoisotopic (exact) mass is 875 g/mol. The van der Waals surface area contributed by atoms with Gasteiger partial charge < -0.3 is 45.1 Å². The van der Waals surface area contributed by atoms with Crippen molar-refractivity contribution in [1.82, 2.24) is 40.4 Å². The van der Waals surface area contributed by atoms with E-state index in [1.165, 1.54) is 7.11 Å².